The van der Waals surface area contributed by atoms with E-state index in [0.29, 0.717) is 47.1 Å². The molecule has 0 unspecified atom stereocenters. The topological polar surface area (TPSA) is 73.8 Å². The molecule has 0 aliphatic carbocycles. The molecule has 2 heterocycles. The van der Waals surface area contributed by atoms with Gasteiger partial charge in [-0.1, -0.05) is 11.6 Å². The van der Waals surface area contributed by atoms with Gasteiger partial charge < -0.3 is 19.1 Å². The van der Waals surface area contributed by atoms with Crippen molar-refractivity contribution in [2.75, 3.05) is 20.2 Å². The van der Waals surface area contributed by atoms with Gasteiger partial charge in [-0.05, 0) is 26.8 Å². The third kappa shape index (κ3) is 4.09. The van der Waals surface area contributed by atoms with Crippen molar-refractivity contribution in [1.29, 1.82) is 0 Å². The number of nitrogens with zero attached hydrogens (tertiary/aromatic N) is 3. The van der Waals surface area contributed by atoms with Crippen LogP contribution >= 0.6 is 11.6 Å². The van der Waals surface area contributed by atoms with Crippen molar-refractivity contribution in [3.8, 4) is 11.5 Å². The molecule has 1 aliphatic rings. The van der Waals surface area contributed by atoms with Crippen LogP contribution < -0.4 is 9.47 Å². The third-order valence-corrected chi connectivity index (χ3v) is 4.26. The number of halogens is 1. The van der Waals surface area contributed by atoms with E-state index in [1.165, 1.54) is 6.33 Å². The highest BCUT2D eigenvalue weighted by molar-refractivity contribution is 6.34. The van der Waals surface area contributed by atoms with Gasteiger partial charge >= 0.3 is 6.09 Å². The average Bonchev–Trinajstić information content (AvgIpc) is 3.02. The van der Waals surface area contributed by atoms with Crippen molar-refractivity contribution < 1.29 is 19.0 Å². The van der Waals surface area contributed by atoms with Crippen molar-refractivity contribution in [3.63, 3.8) is 0 Å². The second-order valence-corrected chi connectivity index (χ2v) is 7.50. The molecular weight excluding hydrogens is 358 g/mol. The van der Waals surface area contributed by atoms with Crippen LogP contribution in [0.25, 0.3) is 10.9 Å². The number of fused-ring (bicyclic) bond motifs is 1. The second-order valence-electron chi connectivity index (χ2n) is 7.14. The normalized spacial score (nSPS) is 17.4. The minimum absolute atomic E-state index is 0.155. The molecule has 1 saturated heterocycles. The minimum Gasteiger partial charge on any atom is -0.493 e. The summed E-state index contributed by atoms with van der Waals surface area (Å²) in [6.45, 7) is 6.58. The van der Waals surface area contributed by atoms with Crippen LogP contribution in [0.5, 0.6) is 11.5 Å². The van der Waals surface area contributed by atoms with Crippen molar-refractivity contribution >= 4 is 28.6 Å². The first-order valence-corrected chi connectivity index (χ1v) is 8.77. The van der Waals surface area contributed by atoms with Crippen molar-refractivity contribution in [3.05, 3.63) is 23.6 Å². The molecule has 1 amide bonds. The lowest BCUT2D eigenvalue weighted by atomic mass is 10.2. The summed E-state index contributed by atoms with van der Waals surface area (Å²) >= 11 is 6.15. The van der Waals surface area contributed by atoms with E-state index in [-0.39, 0.29) is 12.2 Å². The third-order valence-electron chi connectivity index (χ3n) is 3.96. The predicted molar refractivity (Wildman–Crippen MR) is 97.9 cm³/mol. The molecule has 1 aliphatic heterocycles. The lowest BCUT2D eigenvalue weighted by Gasteiger charge is -2.24. The number of ether oxygens (including phenoxy) is 3. The Morgan fingerprint density at radius 3 is 2.73 bits per heavy atom. The monoisotopic (exact) mass is 379 g/mol. The molecule has 140 valence electrons. The highest BCUT2D eigenvalue weighted by Gasteiger charge is 2.31. The van der Waals surface area contributed by atoms with Gasteiger partial charge in [0, 0.05) is 24.4 Å². The fourth-order valence-electron chi connectivity index (χ4n) is 2.78. The van der Waals surface area contributed by atoms with E-state index in [1.54, 1.807) is 24.1 Å². The lowest BCUT2D eigenvalue weighted by Crippen LogP contribution is -2.36. The van der Waals surface area contributed by atoms with Gasteiger partial charge in [0.2, 0.25) is 0 Å². The molecule has 7 nitrogen and oxygen atoms in total. The quantitative estimate of drug-likeness (QED) is 0.757. The maximum atomic E-state index is 12.2. The molecule has 1 aromatic heterocycles. The fourth-order valence-corrected chi connectivity index (χ4v) is 2.98. The summed E-state index contributed by atoms with van der Waals surface area (Å²) < 4.78 is 16.9. The zero-order valence-corrected chi connectivity index (χ0v) is 16.0. The average molecular weight is 380 g/mol. The standard InChI is InChI=1S/C18H22ClN3O4/c1-18(2,3)26-17(23)22-6-5-11(9-22)25-15-7-12-13(8-14(15)24-4)20-10-21-16(12)19/h7-8,10-11H,5-6,9H2,1-4H3/t11-/m0/s1. The Bertz CT molecular complexity index is 822. The number of aromatic nitrogens is 2. The first-order chi connectivity index (χ1) is 12.3. The number of carbonyl (C=O) groups is 1. The molecule has 0 bridgehead atoms. The smallest absolute Gasteiger partial charge is 0.410 e. The molecule has 1 atom stereocenters. The molecule has 26 heavy (non-hydrogen) atoms. The maximum Gasteiger partial charge on any atom is 0.410 e. The Morgan fingerprint density at radius 1 is 1.27 bits per heavy atom. The first-order valence-electron chi connectivity index (χ1n) is 8.39. The molecule has 0 N–H and O–H groups in total. The number of hydrogen-bond donors (Lipinski definition) is 0. The predicted octanol–water partition coefficient (Wildman–Crippen LogP) is 3.68. The van der Waals surface area contributed by atoms with Crippen LogP contribution in [0.1, 0.15) is 27.2 Å². The number of methoxy groups -OCH3 is 1. The van der Waals surface area contributed by atoms with Crippen LogP contribution in [-0.2, 0) is 4.74 Å². The molecule has 2 aromatic rings. The van der Waals surface area contributed by atoms with Gasteiger partial charge in [0.15, 0.2) is 11.5 Å². The Morgan fingerprint density at radius 2 is 2.04 bits per heavy atom. The number of rotatable bonds is 3. The Hall–Kier alpha value is -2.28. The van der Waals surface area contributed by atoms with Crippen molar-refractivity contribution in [2.24, 2.45) is 0 Å². The molecule has 1 aromatic carbocycles. The van der Waals surface area contributed by atoms with Crippen molar-refractivity contribution in [1.82, 2.24) is 14.9 Å². The molecule has 8 heteroatoms. The van der Waals surface area contributed by atoms with Gasteiger partial charge in [-0.25, -0.2) is 14.8 Å². The number of carbonyl (C=O) groups excluding carboxylic acids is 1. The fraction of sp³-hybridized carbons (Fsp3) is 0.500. The summed E-state index contributed by atoms with van der Waals surface area (Å²) in [5.41, 5.74) is 0.157. The van der Waals surface area contributed by atoms with Gasteiger partial charge in [-0.2, -0.15) is 0 Å². The second kappa shape index (κ2) is 7.15. The molecule has 1 fully saturated rings. The summed E-state index contributed by atoms with van der Waals surface area (Å²) in [5, 5.41) is 1.04. The van der Waals surface area contributed by atoms with Crippen LogP contribution in [0.2, 0.25) is 5.15 Å². The molecule has 3 rings (SSSR count). The molecule has 0 spiro atoms. The van der Waals surface area contributed by atoms with E-state index in [0.717, 1.165) is 0 Å². The number of benzene rings is 1. The van der Waals surface area contributed by atoms with Gasteiger partial charge in [0.1, 0.15) is 23.2 Å². The minimum atomic E-state index is -0.520. The van der Waals surface area contributed by atoms with E-state index >= 15 is 0 Å². The highest BCUT2D eigenvalue weighted by atomic mass is 35.5. The van der Waals surface area contributed by atoms with E-state index in [4.69, 9.17) is 25.8 Å². The van der Waals surface area contributed by atoms with Gasteiger partial charge in [-0.15, -0.1) is 0 Å². The largest absolute Gasteiger partial charge is 0.493 e. The summed E-state index contributed by atoms with van der Waals surface area (Å²) in [6, 6.07) is 3.53. The Kier molecular flexibility index (Phi) is 5.09. The number of hydrogen-bond acceptors (Lipinski definition) is 6. The van der Waals surface area contributed by atoms with Crippen LogP contribution in [0, 0.1) is 0 Å². The Balaban J connectivity index is 1.75. The highest BCUT2D eigenvalue weighted by Crippen LogP contribution is 2.35. The summed E-state index contributed by atoms with van der Waals surface area (Å²) in [6.07, 6.45) is 1.63. The summed E-state index contributed by atoms with van der Waals surface area (Å²) in [4.78, 5) is 22.0. The van der Waals surface area contributed by atoms with Crippen LogP contribution in [0.3, 0.4) is 0 Å². The van der Waals surface area contributed by atoms with E-state index < -0.39 is 5.60 Å². The maximum absolute atomic E-state index is 12.2. The van der Waals surface area contributed by atoms with E-state index in [2.05, 4.69) is 9.97 Å². The number of likely N-dealkylation sites (tertiary alicyclic amines) is 1. The van der Waals surface area contributed by atoms with Crippen LogP contribution in [0.15, 0.2) is 18.5 Å². The van der Waals surface area contributed by atoms with Crippen LogP contribution in [0.4, 0.5) is 4.79 Å². The zero-order valence-electron chi connectivity index (χ0n) is 15.3. The first kappa shape index (κ1) is 18.5. The summed E-state index contributed by atoms with van der Waals surface area (Å²) in [5.74, 6) is 1.11. The zero-order chi connectivity index (χ0) is 18.9. The van der Waals surface area contributed by atoms with Crippen LogP contribution in [-0.4, -0.2) is 52.9 Å². The Labute approximate surface area is 157 Å². The van der Waals surface area contributed by atoms with Gasteiger partial charge in [0.05, 0.1) is 19.2 Å². The molecular formula is C18H22ClN3O4. The molecule has 0 saturated carbocycles. The summed E-state index contributed by atoms with van der Waals surface area (Å²) in [7, 11) is 1.57. The van der Waals surface area contributed by atoms with E-state index in [9.17, 15) is 4.79 Å². The number of amides is 1. The van der Waals surface area contributed by atoms with Gasteiger partial charge in [0.25, 0.3) is 0 Å². The molecule has 0 radical (unpaired) electrons. The van der Waals surface area contributed by atoms with Gasteiger partial charge in [-0.3, -0.25) is 0 Å². The van der Waals surface area contributed by atoms with Crippen molar-refractivity contribution in [2.45, 2.75) is 38.9 Å². The SMILES string of the molecule is COc1cc2ncnc(Cl)c2cc1O[C@H]1CCN(C(=O)OC(C)(C)C)C1. The lowest BCUT2D eigenvalue weighted by molar-refractivity contribution is 0.0275. The van der Waals surface area contributed by atoms with E-state index in [1.807, 2.05) is 20.8 Å².